The smallest absolute Gasteiger partial charge is 0.456 e. The third kappa shape index (κ3) is 7.95. The number of rotatable bonds is 7. The molecule has 4 aromatic rings. The molecule has 5 rings (SSSR count). The molecule has 4 aromatic heterocycles. The van der Waals surface area contributed by atoms with Crippen molar-refractivity contribution in [2.24, 2.45) is 0 Å². The van der Waals surface area contributed by atoms with Gasteiger partial charge < -0.3 is 20.7 Å². The number of fused-ring (bicyclic) bond motifs is 1. The van der Waals surface area contributed by atoms with Crippen LogP contribution in [0.1, 0.15) is 56.8 Å². The highest BCUT2D eigenvalue weighted by molar-refractivity contribution is 7.21. The van der Waals surface area contributed by atoms with Crippen molar-refractivity contribution in [1.82, 2.24) is 25.3 Å². The van der Waals surface area contributed by atoms with Gasteiger partial charge in [0, 0.05) is 29.5 Å². The molecular formula is C29H30F3N7O3S. The van der Waals surface area contributed by atoms with Crippen LogP contribution in [0, 0.1) is 0 Å². The molecule has 43 heavy (non-hydrogen) atoms. The van der Waals surface area contributed by atoms with Gasteiger partial charge in [0.2, 0.25) is 0 Å². The minimum Gasteiger partial charge on any atom is -0.456 e. The van der Waals surface area contributed by atoms with Crippen molar-refractivity contribution < 1.29 is 27.5 Å². The Morgan fingerprint density at radius 3 is 2.42 bits per heavy atom. The number of anilines is 3. The van der Waals surface area contributed by atoms with Crippen molar-refractivity contribution in [2.75, 3.05) is 10.6 Å². The van der Waals surface area contributed by atoms with Gasteiger partial charge in [0.25, 0.3) is 5.91 Å². The van der Waals surface area contributed by atoms with E-state index in [-0.39, 0.29) is 17.5 Å². The number of nitrogens with one attached hydrogen (secondary N) is 3. The first kappa shape index (κ1) is 30.1. The maximum absolute atomic E-state index is 12.6. The fourth-order valence-corrected chi connectivity index (χ4v) is 5.44. The molecule has 1 aliphatic carbocycles. The predicted molar refractivity (Wildman–Crippen MR) is 157 cm³/mol. The number of pyridine rings is 3. The summed E-state index contributed by atoms with van der Waals surface area (Å²) in [6.07, 6.45) is -0.787. The van der Waals surface area contributed by atoms with E-state index in [0.29, 0.717) is 69.6 Å². The Hall–Kier alpha value is -4.33. The summed E-state index contributed by atoms with van der Waals surface area (Å²) >= 11 is 1.35. The molecule has 0 spiro atoms. The fourth-order valence-electron chi connectivity index (χ4n) is 4.59. The Kier molecular flexibility index (Phi) is 8.49. The number of carbonyl (C=O) groups is 2. The summed E-state index contributed by atoms with van der Waals surface area (Å²) in [5.74, 6) is -1.20. The zero-order valence-electron chi connectivity index (χ0n) is 23.7. The summed E-state index contributed by atoms with van der Waals surface area (Å²) < 4.78 is 42.0. The van der Waals surface area contributed by atoms with Crippen LogP contribution in [0.15, 0.2) is 48.8 Å². The maximum Gasteiger partial charge on any atom is 0.490 e. The lowest BCUT2D eigenvalue weighted by Crippen LogP contribution is -2.40. The molecule has 4 heterocycles. The Bertz CT molecular complexity index is 1630. The summed E-state index contributed by atoms with van der Waals surface area (Å²) in [4.78, 5) is 42.6. The molecule has 1 saturated carbocycles. The molecule has 0 saturated heterocycles. The van der Waals surface area contributed by atoms with Gasteiger partial charge in [-0.25, -0.2) is 19.7 Å². The molecule has 0 bridgehead atoms. The fraction of sp³-hybridized carbons (Fsp3) is 0.379. The number of amides is 1. The van der Waals surface area contributed by atoms with Gasteiger partial charge in [0.15, 0.2) is 5.13 Å². The molecule has 226 valence electrons. The molecule has 0 unspecified atom stereocenters. The van der Waals surface area contributed by atoms with Gasteiger partial charge in [-0.05, 0) is 76.8 Å². The molecule has 10 nitrogen and oxygen atoms in total. The van der Waals surface area contributed by atoms with Crippen LogP contribution in [0.3, 0.4) is 0 Å². The van der Waals surface area contributed by atoms with Crippen LogP contribution in [0.5, 0.6) is 0 Å². The topological polar surface area (TPSA) is 131 Å². The highest BCUT2D eigenvalue weighted by Crippen LogP contribution is 2.30. The third-order valence-corrected chi connectivity index (χ3v) is 7.44. The van der Waals surface area contributed by atoms with Gasteiger partial charge in [-0.3, -0.25) is 9.78 Å². The maximum atomic E-state index is 12.6. The van der Waals surface area contributed by atoms with Crippen LogP contribution >= 0.6 is 11.3 Å². The first-order valence-electron chi connectivity index (χ1n) is 13.7. The average molecular weight is 614 g/mol. The molecule has 0 aromatic carbocycles. The quantitative estimate of drug-likeness (QED) is 0.207. The standard InChI is InChI=1S/C29H30F3N7O3S/c1-28(2,3)39-24(40)17-13-16(14-33-15-17)20-11-12-21-25(35-20)43-27(36-21)38-23-6-4-5-22(37-23)34-18-7-9-19(10-8-18)42-26(41)29(30,31)32/h4-6,11-15,18-19H,7-10H2,1-3H3,(H,39,40)(H2,34,36,37,38). The SMILES string of the molecule is CC(C)(C)NC(=O)c1cncc(-c2ccc3nc(Nc4cccc(NC5CCC(OC(=O)C(F)(F)F)CC5)n4)sc3n2)c1. The van der Waals surface area contributed by atoms with Crippen LogP contribution in [0.2, 0.25) is 0 Å². The number of alkyl halides is 3. The summed E-state index contributed by atoms with van der Waals surface area (Å²) in [6.45, 7) is 5.74. The van der Waals surface area contributed by atoms with Gasteiger partial charge in [0.1, 0.15) is 28.1 Å². The van der Waals surface area contributed by atoms with Gasteiger partial charge in [-0.15, -0.1) is 0 Å². The third-order valence-electron chi connectivity index (χ3n) is 6.56. The van der Waals surface area contributed by atoms with E-state index < -0.39 is 18.2 Å². The summed E-state index contributed by atoms with van der Waals surface area (Å²) in [5, 5.41) is 10.0. The van der Waals surface area contributed by atoms with E-state index in [4.69, 9.17) is 4.98 Å². The van der Waals surface area contributed by atoms with Crippen LogP contribution in [-0.4, -0.2) is 55.7 Å². The highest BCUT2D eigenvalue weighted by atomic mass is 32.1. The highest BCUT2D eigenvalue weighted by Gasteiger charge is 2.42. The molecular weight excluding hydrogens is 583 g/mol. The number of ether oxygens (including phenoxy) is 1. The van der Waals surface area contributed by atoms with Crippen LogP contribution in [-0.2, 0) is 9.53 Å². The van der Waals surface area contributed by atoms with Crippen molar-refractivity contribution in [2.45, 2.75) is 70.3 Å². The van der Waals surface area contributed by atoms with Gasteiger partial charge in [0.05, 0.1) is 11.3 Å². The molecule has 14 heteroatoms. The summed E-state index contributed by atoms with van der Waals surface area (Å²) in [7, 11) is 0. The molecule has 0 radical (unpaired) electrons. The van der Waals surface area contributed by atoms with E-state index in [9.17, 15) is 22.8 Å². The van der Waals surface area contributed by atoms with Crippen molar-refractivity contribution in [1.29, 1.82) is 0 Å². The number of thiazole rings is 1. The van der Waals surface area contributed by atoms with Crippen molar-refractivity contribution in [3.05, 3.63) is 54.4 Å². The lowest BCUT2D eigenvalue weighted by Gasteiger charge is -2.29. The zero-order chi connectivity index (χ0) is 30.8. The first-order valence-corrected chi connectivity index (χ1v) is 14.5. The number of esters is 1. The largest absolute Gasteiger partial charge is 0.490 e. The zero-order valence-corrected chi connectivity index (χ0v) is 24.5. The number of aromatic nitrogens is 4. The molecule has 0 atom stereocenters. The van der Waals surface area contributed by atoms with Crippen molar-refractivity contribution in [3.8, 4) is 11.3 Å². The average Bonchev–Trinajstić information content (AvgIpc) is 3.34. The van der Waals surface area contributed by atoms with E-state index in [0.717, 1.165) is 0 Å². The number of carbonyl (C=O) groups excluding carboxylic acids is 2. The summed E-state index contributed by atoms with van der Waals surface area (Å²) in [5.41, 5.74) is 2.13. The van der Waals surface area contributed by atoms with Crippen LogP contribution in [0.25, 0.3) is 21.6 Å². The number of hydrogen-bond acceptors (Lipinski definition) is 10. The van der Waals surface area contributed by atoms with E-state index in [1.165, 1.54) is 17.5 Å². The van der Waals surface area contributed by atoms with Gasteiger partial charge in [-0.2, -0.15) is 13.2 Å². The van der Waals surface area contributed by atoms with E-state index in [1.807, 2.05) is 39.0 Å². The van der Waals surface area contributed by atoms with Crippen molar-refractivity contribution >= 4 is 50.3 Å². The molecule has 1 aliphatic rings. The first-order chi connectivity index (χ1) is 20.3. The van der Waals surface area contributed by atoms with Gasteiger partial charge >= 0.3 is 12.1 Å². The number of hydrogen-bond donors (Lipinski definition) is 3. The Morgan fingerprint density at radius 1 is 0.953 bits per heavy atom. The second-order valence-electron chi connectivity index (χ2n) is 11.3. The Labute approximate surface area is 249 Å². The Balaban J connectivity index is 1.22. The van der Waals surface area contributed by atoms with Gasteiger partial charge in [-0.1, -0.05) is 17.4 Å². The number of nitrogens with zero attached hydrogens (tertiary/aromatic N) is 4. The summed E-state index contributed by atoms with van der Waals surface area (Å²) in [6, 6.07) is 10.9. The van der Waals surface area contributed by atoms with Crippen LogP contribution in [0.4, 0.5) is 29.9 Å². The predicted octanol–water partition coefficient (Wildman–Crippen LogP) is 6.25. The van der Waals surface area contributed by atoms with E-state index in [1.54, 1.807) is 24.4 Å². The molecule has 1 amide bonds. The molecule has 3 N–H and O–H groups in total. The monoisotopic (exact) mass is 613 g/mol. The van der Waals surface area contributed by atoms with E-state index in [2.05, 4.69) is 35.6 Å². The van der Waals surface area contributed by atoms with Crippen LogP contribution < -0.4 is 16.0 Å². The Morgan fingerprint density at radius 2 is 1.70 bits per heavy atom. The lowest BCUT2D eigenvalue weighted by atomic mass is 9.93. The number of halogens is 3. The second-order valence-corrected chi connectivity index (χ2v) is 12.2. The normalized spacial score (nSPS) is 17.3. The second kappa shape index (κ2) is 12.1. The molecule has 0 aliphatic heterocycles. The van der Waals surface area contributed by atoms with Crippen molar-refractivity contribution in [3.63, 3.8) is 0 Å². The molecule has 1 fully saturated rings. The minimum absolute atomic E-state index is 0.0128. The lowest BCUT2D eigenvalue weighted by molar-refractivity contribution is -0.206. The minimum atomic E-state index is -4.98. The van der Waals surface area contributed by atoms with E-state index >= 15 is 0 Å².